The Hall–Kier alpha value is -3.77. The lowest BCUT2D eigenvalue weighted by molar-refractivity contribution is 0.0731. The summed E-state index contributed by atoms with van der Waals surface area (Å²) < 4.78 is 16.8. The summed E-state index contributed by atoms with van der Waals surface area (Å²) in [6.45, 7) is 0. The Morgan fingerprint density at radius 2 is 1.66 bits per heavy atom. The van der Waals surface area contributed by atoms with Gasteiger partial charge < -0.3 is 18.8 Å². The summed E-state index contributed by atoms with van der Waals surface area (Å²) in [4.78, 5) is 28.1. The molecule has 0 bridgehead atoms. The second-order valence-corrected chi connectivity index (χ2v) is 7.73. The van der Waals surface area contributed by atoms with Crippen molar-refractivity contribution in [3.05, 3.63) is 87.5 Å². The van der Waals surface area contributed by atoms with Crippen LogP contribution in [0.5, 0.6) is 11.5 Å². The number of fused-ring (bicyclic) bond motifs is 1. The number of methoxy groups -OCH3 is 1. The minimum atomic E-state index is -0.668. The van der Waals surface area contributed by atoms with Crippen LogP contribution in [0.1, 0.15) is 10.4 Å². The van der Waals surface area contributed by atoms with Gasteiger partial charge in [0.15, 0.2) is 5.76 Å². The summed E-state index contributed by atoms with van der Waals surface area (Å²) >= 11 is 6.07. The van der Waals surface area contributed by atoms with Gasteiger partial charge in [0.05, 0.1) is 18.1 Å². The van der Waals surface area contributed by atoms with Gasteiger partial charge in [-0.15, -0.1) is 0 Å². The van der Waals surface area contributed by atoms with Crippen molar-refractivity contribution in [2.45, 2.75) is 0 Å². The highest BCUT2D eigenvalue weighted by atomic mass is 35.5. The number of hydrogen-bond donors (Lipinski definition) is 0. The number of carbonyl (C=O) groups excluding carboxylic acids is 1. The average molecular weight is 450 g/mol. The Balaban J connectivity index is 1.82. The van der Waals surface area contributed by atoms with E-state index in [0.29, 0.717) is 27.5 Å². The predicted octanol–water partition coefficient (Wildman–Crippen LogP) is 5.41. The van der Waals surface area contributed by atoms with E-state index in [9.17, 15) is 9.59 Å². The van der Waals surface area contributed by atoms with Crippen molar-refractivity contribution in [3.8, 4) is 22.8 Å². The molecule has 0 saturated carbocycles. The number of ether oxygens (including phenoxy) is 2. The summed E-state index contributed by atoms with van der Waals surface area (Å²) in [6, 6.07) is 18.5. The molecule has 0 aliphatic rings. The molecule has 0 spiro atoms. The maximum atomic E-state index is 13.3. The lowest BCUT2D eigenvalue weighted by Crippen LogP contribution is -2.16. The number of carbonyl (C=O) groups is 1. The smallest absolute Gasteiger partial charge is 0.343 e. The molecule has 1 aromatic heterocycles. The van der Waals surface area contributed by atoms with E-state index in [1.165, 1.54) is 6.07 Å². The number of hydrogen-bond acceptors (Lipinski definition) is 6. The third-order valence-electron chi connectivity index (χ3n) is 4.98. The highest BCUT2D eigenvalue weighted by Gasteiger charge is 2.22. The van der Waals surface area contributed by atoms with E-state index in [1.807, 2.05) is 19.0 Å². The summed E-state index contributed by atoms with van der Waals surface area (Å²) in [6.07, 6.45) is 0. The summed E-state index contributed by atoms with van der Waals surface area (Å²) in [5, 5.41) is 0.596. The summed E-state index contributed by atoms with van der Waals surface area (Å²) in [7, 11) is 5.36. The molecule has 0 saturated heterocycles. The van der Waals surface area contributed by atoms with Gasteiger partial charge in [-0.3, -0.25) is 4.79 Å². The minimum Gasteiger partial charge on any atom is -0.497 e. The molecule has 162 valence electrons. The molecule has 32 heavy (non-hydrogen) atoms. The van der Waals surface area contributed by atoms with Crippen LogP contribution < -0.4 is 19.8 Å². The van der Waals surface area contributed by atoms with E-state index >= 15 is 0 Å². The van der Waals surface area contributed by atoms with E-state index in [0.717, 1.165) is 5.69 Å². The maximum Gasteiger partial charge on any atom is 0.343 e. The normalized spacial score (nSPS) is 10.8. The Kier molecular flexibility index (Phi) is 5.88. The SMILES string of the molecule is COc1ccc(-c2oc3ccc(Cl)cc3c(=O)c2OC(=O)c2ccc(N(C)C)cc2)cc1. The summed E-state index contributed by atoms with van der Waals surface area (Å²) in [5.41, 5.74) is 1.64. The largest absolute Gasteiger partial charge is 0.497 e. The number of rotatable bonds is 5. The number of benzene rings is 3. The van der Waals surface area contributed by atoms with Crippen LogP contribution in [-0.4, -0.2) is 27.2 Å². The van der Waals surface area contributed by atoms with Crippen LogP contribution in [0.2, 0.25) is 5.02 Å². The molecule has 3 aromatic carbocycles. The second-order valence-electron chi connectivity index (χ2n) is 7.29. The fourth-order valence-electron chi connectivity index (χ4n) is 3.22. The van der Waals surface area contributed by atoms with Crippen molar-refractivity contribution in [1.82, 2.24) is 0 Å². The van der Waals surface area contributed by atoms with Gasteiger partial charge in [-0.2, -0.15) is 0 Å². The Bertz CT molecular complexity index is 1340. The van der Waals surface area contributed by atoms with E-state index in [-0.39, 0.29) is 16.9 Å². The third-order valence-corrected chi connectivity index (χ3v) is 5.21. The maximum absolute atomic E-state index is 13.3. The molecule has 0 unspecified atom stereocenters. The first-order valence-corrected chi connectivity index (χ1v) is 10.2. The van der Waals surface area contributed by atoms with Gasteiger partial charge in [0.25, 0.3) is 0 Å². The van der Waals surface area contributed by atoms with Crippen molar-refractivity contribution in [2.75, 3.05) is 26.1 Å². The highest BCUT2D eigenvalue weighted by molar-refractivity contribution is 6.31. The quantitative estimate of drug-likeness (QED) is 0.379. The van der Waals surface area contributed by atoms with E-state index in [1.54, 1.807) is 67.8 Å². The predicted molar refractivity (Wildman–Crippen MR) is 125 cm³/mol. The molecule has 0 aliphatic carbocycles. The Morgan fingerprint density at radius 1 is 0.969 bits per heavy atom. The van der Waals surface area contributed by atoms with Gasteiger partial charge in [-0.1, -0.05) is 11.6 Å². The first kappa shape index (κ1) is 21.5. The van der Waals surface area contributed by atoms with Crippen LogP contribution in [0.3, 0.4) is 0 Å². The van der Waals surface area contributed by atoms with E-state index in [2.05, 4.69) is 0 Å². The van der Waals surface area contributed by atoms with Crippen molar-refractivity contribution >= 4 is 34.2 Å². The molecule has 6 nitrogen and oxygen atoms in total. The zero-order chi connectivity index (χ0) is 22.8. The molecule has 0 fully saturated rings. The lowest BCUT2D eigenvalue weighted by Gasteiger charge is -2.13. The number of esters is 1. The lowest BCUT2D eigenvalue weighted by atomic mass is 10.1. The molecule has 0 aliphatic heterocycles. The highest BCUT2D eigenvalue weighted by Crippen LogP contribution is 2.33. The molecular formula is C25H20ClNO5. The fourth-order valence-corrected chi connectivity index (χ4v) is 3.39. The van der Waals surface area contributed by atoms with Crippen molar-refractivity contribution in [3.63, 3.8) is 0 Å². The number of nitrogens with zero attached hydrogens (tertiary/aromatic N) is 1. The molecule has 4 rings (SSSR count). The molecule has 0 N–H and O–H groups in total. The Morgan fingerprint density at radius 3 is 2.28 bits per heavy atom. The van der Waals surface area contributed by atoms with E-state index < -0.39 is 11.4 Å². The van der Waals surface area contributed by atoms with Crippen LogP contribution in [0.25, 0.3) is 22.3 Å². The monoisotopic (exact) mass is 449 g/mol. The Labute approximate surface area is 189 Å². The molecule has 0 amide bonds. The zero-order valence-electron chi connectivity index (χ0n) is 17.7. The average Bonchev–Trinajstić information content (AvgIpc) is 2.81. The molecule has 7 heteroatoms. The topological polar surface area (TPSA) is 69.0 Å². The standard InChI is InChI=1S/C25H20ClNO5/c1-27(2)18-9-4-16(5-10-18)25(29)32-24-22(28)20-14-17(26)8-13-21(20)31-23(24)15-6-11-19(30-3)12-7-15/h4-14H,1-3H3. The first-order valence-electron chi connectivity index (χ1n) is 9.77. The minimum absolute atomic E-state index is 0.144. The van der Waals surface area contributed by atoms with Crippen LogP contribution in [-0.2, 0) is 0 Å². The number of halogens is 1. The first-order chi connectivity index (χ1) is 15.4. The van der Waals surface area contributed by atoms with Crippen molar-refractivity contribution in [2.24, 2.45) is 0 Å². The zero-order valence-corrected chi connectivity index (χ0v) is 18.5. The van der Waals surface area contributed by atoms with Gasteiger partial charge in [0.1, 0.15) is 11.3 Å². The van der Waals surface area contributed by atoms with Crippen LogP contribution in [0.4, 0.5) is 5.69 Å². The molecule has 1 heterocycles. The van der Waals surface area contributed by atoms with Gasteiger partial charge in [0.2, 0.25) is 11.2 Å². The van der Waals surface area contributed by atoms with Crippen LogP contribution in [0, 0.1) is 0 Å². The number of anilines is 1. The van der Waals surface area contributed by atoms with Crippen LogP contribution in [0.15, 0.2) is 75.9 Å². The fraction of sp³-hybridized carbons (Fsp3) is 0.120. The van der Waals surface area contributed by atoms with Crippen LogP contribution >= 0.6 is 11.6 Å². The summed E-state index contributed by atoms with van der Waals surface area (Å²) in [5.74, 6) is -0.0840. The van der Waals surface area contributed by atoms with Crippen molar-refractivity contribution in [1.29, 1.82) is 0 Å². The second kappa shape index (κ2) is 8.77. The van der Waals surface area contributed by atoms with Gasteiger partial charge in [0, 0.05) is 30.4 Å². The molecular weight excluding hydrogens is 430 g/mol. The van der Waals surface area contributed by atoms with Crippen molar-refractivity contribution < 1.29 is 18.7 Å². The molecule has 0 radical (unpaired) electrons. The van der Waals surface area contributed by atoms with Gasteiger partial charge in [-0.25, -0.2) is 4.79 Å². The molecule has 4 aromatic rings. The van der Waals surface area contributed by atoms with Gasteiger partial charge in [-0.05, 0) is 66.7 Å². The molecule has 0 atom stereocenters. The van der Waals surface area contributed by atoms with Gasteiger partial charge >= 0.3 is 5.97 Å². The van der Waals surface area contributed by atoms with E-state index in [4.69, 9.17) is 25.5 Å². The third kappa shape index (κ3) is 4.18.